The molecular weight excluding hydrogens is 493 g/mol. The molecular formula is C30H34FN7O. The van der Waals surface area contributed by atoms with Crippen LogP contribution >= 0.6 is 0 Å². The van der Waals surface area contributed by atoms with Crippen molar-refractivity contribution in [2.75, 3.05) is 42.5 Å². The zero-order chi connectivity index (χ0) is 27.3. The number of H-pyrrole nitrogens is 1. The highest BCUT2D eigenvalue weighted by molar-refractivity contribution is 5.96. The highest BCUT2D eigenvalue weighted by Crippen LogP contribution is 2.36. The van der Waals surface area contributed by atoms with Gasteiger partial charge in [0.2, 0.25) is 5.91 Å². The number of carbonyl (C=O) groups is 1. The van der Waals surface area contributed by atoms with Crippen LogP contribution in [0.1, 0.15) is 29.3 Å². The molecule has 0 unspecified atom stereocenters. The highest BCUT2D eigenvalue weighted by Gasteiger charge is 2.31. The highest BCUT2D eigenvalue weighted by atomic mass is 19.1. The SMILES string of the molecule is Cc1ccc(F)cc1N1CCc2nc(-c3cccc4[nH]cc(C)c34)nc(N3CCN(CC(N)=O)[C@H](C)C3)c2C1. The number of piperazine rings is 1. The van der Waals surface area contributed by atoms with E-state index in [9.17, 15) is 9.18 Å². The molecule has 9 heteroatoms. The first kappa shape index (κ1) is 25.3. The van der Waals surface area contributed by atoms with Crippen molar-refractivity contribution in [1.29, 1.82) is 0 Å². The lowest BCUT2D eigenvalue weighted by Gasteiger charge is -2.41. The summed E-state index contributed by atoms with van der Waals surface area (Å²) in [5.41, 5.74) is 12.8. The number of fused-ring (bicyclic) bond motifs is 2. The molecule has 2 aliphatic rings. The number of halogens is 1. The maximum absolute atomic E-state index is 14.2. The summed E-state index contributed by atoms with van der Waals surface area (Å²) in [6.45, 7) is 10.0. The van der Waals surface area contributed by atoms with Crippen LogP contribution in [0.5, 0.6) is 0 Å². The average Bonchev–Trinajstić information content (AvgIpc) is 3.31. The molecule has 4 heterocycles. The first-order valence-corrected chi connectivity index (χ1v) is 13.5. The zero-order valence-corrected chi connectivity index (χ0v) is 22.7. The van der Waals surface area contributed by atoms with E-state index in [2.05, 4.69) is 45.7 Å². The van der Waals surface area contributed by atoms with Crippen molar-refractivity contribution >= 4 is 28.3 Å². The summed E-state index contributed by atoms with van der Waals surface area (Å²) in [6.07, 6.45) is 2.76. The third-order valence-corrected chi connectivity index (χ3v) is 8.12. The predicted octanol–water partition coefficient (Wildman–Crippen LogP) is 3.94. The van der Waals surface area contributed by atoms with E-state index in [1.807, 2.05) is 25.3 Å². The van der Waals surface area contributed by atoms with E-state index < -0.39 is 0 Å². The first-order valence-electron chi connectivity index (χ1n) is 13.5. The van der Waals surface area contributed by atoms with Gasteiger partial charge in [-0.3, -0.25) is 9.69 Å². The number of aromatic amines is 1. The number of anilines is 2. The van der Waals surface area contributed by atoms with Gasteiger partial charge < -0.3 is 20.5 Å². The van der Waals surface area contributed by atoms with Gasteiger partial charge in [-0.25, -0.2) is 14.4 Å². The van der Waals surface area contributed by atoms with E-state index in [1.54, 1.807) is 6.07 Å². The second-order valence-corrected chi connectivity index (χ2v) is 10.8. The Balaban J connectivity index is 1.44. The van der Waals surface area contributed by atoms with Gasteiger partial charge in [0.25, 0.3) is 0 Å². The second-order valence-electron chi connectivity index (χ2n) is 10.8. The van der Waals surface area contributed by atoms with Gasteiger partial charge in [0.05, 0.1) is 12.2 Å². The number of aryl methyl sites for hydroxylation is 2. The summed E-state index contributed by atoms with van der Waals surface area (Å²) >= 11 is 0. The smallest absolute Gasteiger partial charge is 0.231 e. The fourth-order valence-corrected chi connectivity index (χ4v) is 6.07. The molecule has 2 aromatic carbocycles. The molecule has 0 radical (unpaired) electrons. The Morgan fingerprint density at radius 2 is 1.95 bits per heavy atom. The van der Waals surface area contributed by atoms with Gasteiger partial charge in [-0.05, 0) is 50.1 Å². The zero-order valence-electron chi connectivity index (χ0n) is 22.7. The summed E-state index contributed by atoms with van der Waals surface area (Å²) in [7, 11) is 0. The van der Waals surface area contributed by atoms with E-state index in [1.165, 1.54) is 6.07 Å². The van der Waals surface area contributed by atoms with Crippen LogP contribution in [0.2, 0.25) is 0 Å². The van der Waals surface area contributed by atoms with E-state index >= 15 is 0 Å². The number of primary amides is 1. The van der Waals surface area contributed by atoms with Gasteiger partial charge in [0, 0.05) is 79.1 Å². The Kier molecular flexibility index (Phi) is 6.46. The van der Waals surface area contributed by atoms with Gasteiger partial charge in [-0.15, -0.1) is 0 Å². The molecule has 1 amide bonds. The number of hydrogen-bond acceptors (Lipinski definition) is 6. The molecule has 39 heavy (non-hydrogen) atoms. The quantitative estimate of drug-likeness (QED) is 0.408. The Hall–Kier alpha value is -3.98. The van der Waals surface area contributed by atoms with Gasteiger partial charge >= 0.3 is 0 Å². The van der Waals surface area contributed by atoms with Crippen molar-refractivity contribution in [2.24, 2.45) is 5.73 Å². The number of hydrogen-bond donors (Lipinski definition) is 2. The normalized spacial score (nSPS) is 18.0. The summed E-state index contributed by atoms with van der Waals surface area (Å²) in [6, 6.07) is 11.3. The molecule has 6 rings (SSSR count). The number of amides is 1. The van der Waals surface area contributed by atoms with Crippen LogP contribution in [0.3, 0.4) is 0 Å². The molecule has 3 N–H and O–H groups in total. The van der Waals surface area contributed by atoms with Gasteiger partial charge in [0.15, 0.2) is 5.82 Å². The van der Waals surface area contributed by atoms with Crippen molar-refractivity contribution in [2.45, 2.75) is 39.8 Å². The van der Waals surface area contributed by atoms with E-state index in [0.29, 0.717) is 6.54 Å². The Morgan fingerprint density at radius 1 is 1.10 bits per heavy atom. The van der Waals surface area contributed by atoms with Crippen LogP contribution in [-0.4, -0.2) is 64.5 Å². The Labute approximate surface area is 227 Å². The summed E-state index contributed by atoms with van der Waals surface area (Å²) in [5.74, 6) is 1.10. The van der Waals surface area contributed by atoms with Gasteiger partial charge in [0.1, 0.15) is 11.6 Å². The lowest BCUT2D eigenvalue weighted by Crippen LogP contribution is -2.54. The molecule has 8 nitrogen and oxygen atoms in total. The fourth-order valence-electron chi connectivity index (χ4n) is 6.07. The molecule has 4 aromatic rings. The van der Waals surface area contributed by atoms with Crippen molar-refractivity contribution in [3.05, 3.63) is 70.8 Å². The minimum Gasteiger partial charge on any atom is -0.369 e. The monoisotopic (exact) mass is 527 g/mol. The van der Waals surface area contributed by atoms with Crippen LogP contribution in [0.4, 0.5) is 15.9 Å². The second kappa shape index (κ2) is 9.96. The first-order chi connectivity index (χ1) is 18.8. The molecule has 2 aliphatic heterocycles. The Bertz CT molecular complexity index is 1560. The summed E-state index contributed by atoms with van der Waals surface area (Å²) < 4.78 is 14.2. The van der Waals surface area contributed by atoms with Crippen LogP contribution in [-0.2, 0) is 17.8 Å². The number of benzene rings is 2. The van der Waals surface area contributed by atoms with Crippen LogP contribution in [0.15, 0.2) is 42.6 Å². The predicted molar refractivity (Wildman–Crippen MR) is 152 cm³/mol. The molecule has 0 spiro atoms. The number of nitrogens with one attached hydrogen (secondary N) is 1. The maximum atomic E-state index is 14.2. The molecule has 0 bridgehead atoms. The number of nitrogens with two attached hydrogens (primary N) is 1. The van der Waals surface area contributed by atoms with E-state index in [-0.39, 0.29) is 24.3 Å². The lowest BCUT2D eigenvalue weighted by atomic mass is 10.0. The molecule has 202 valence electrons. The van der Waals surface area contributed by atoms with Crippen LogP contribution in [0, 0.1) is 19.7 Å². The molecule has 1 atom stereocenters. The standard InChI is InChI=1S/C30H34FN7O/c1-18-7-8-21(31)13-26(18)37-10-9-24-23(16-37)30(38-12-11-36(17-27(32)39)20(3)15-38)35-29(34-24)22-5-4-6-25-28(22)19(2)14-33-25/h4-8,13-14,20,33H,9-12,15-17H2,1-3H3,(H2,32,39)/t20-/m1/s1. The van der Waals surface area contributed by atoms with Crippen molar-refractivity contribution in [3.8, 4) is 11.4 Å². The Morgan fingerprint density at radius 3 is 2.74 bits per heavy atom. The number of nitrogens with zero attached hydrogens (tertiary/aromatic N) is 5. The topological polar surface area (TPSA) is 94.4 Å². The summed E-state index contributed by atoms with van der Waals surface area (Å²) in [4.78, 5) is 32.0. The third-order valence-electron chi connectivity index (χ3n) is 8.12. The minimum atomic E-state index is -0.312. The van der Waals surface area contributed by atoms with E-state index in [4.69, 9.17) is 15.7 Å². The fraction of sp³-hybridized carbons (Fsp3) is 0.367. The maximum Gasteiger partial charge on any atom is 0.231 e. The molecule has 0 saturated carbocycles. The largest absolute Gasteiger partial charge is 0.369 e. The van der Waals surface area contributed by atoms with Crippen LogP contribution < -0.4 is 15.5 Å². The molecule has 2 aromatic heterocycles. The van der Waals surface area contributed by atoms with Crippen molar-refractivity contribution < 1.29 is 9.18 Å². The molecule has 1 fully saturated rings. The lowest BCUT2D eigenvalue weighted by molar-refractivity contribution is -0.119. The van der Waals surface area contributed by atoms with Gasteiger partial charge in [-0.1, -0.05) is 18.2 Å². The number of carbonyl (C=O) groups excluding carboxylic acids is 1. The van der Waals surface area contributed by atoms with Gasteiger partial charge in [-0.2, -0.15) is 0 Å². The minimum absolute atomic E-state index is 0.140. The molecule has 1 saturated heterocycles. The molecule has 0 aliphatic carbocycles. The van der Waals surface area contributed by atoms with Crippen molar-refractivity contribution in [1.82, 2.24) is 19.9 Å². The summed E-state index contributed by atoms with van der Waals surface area (Å²) in [5, 5.41) is 1.14. The van der Waals surface area contributed by atoms with Crippen LogP contribution in [0.25, 0.3) is 22.3 Å². The third kappa shape index (κ3) is 4.71. The average molecular weight is 528 g/mol. The number of rotatable bonds is 5. The van der Waals surface area contributed by atoms with Crippen molar-refractivity contribution in [3.63, 3.8) is 0 Å². The number of aromatic nitrogens is 3. The van der Waals surface area contributed by atoms with E-state index in [0.717, 1.165) is 88.8 Å².